The highest BCUT2D eigenvalue weighted by molar-refractivity contribution is 7.70. The Kier molecular flexibility index (Phi) is 13.5. The molecule has 0 radical (unpaired) electrons. The van der Waals surface area contributed by atoms with Crippen molar-refractivity contribution in [2.24, 2.45) is 0 Å². The predicted molar refractivity (Wildman–Crippen MR) is 146 cm³/mol. The monoisotopic (exact) mass is 646 g/mol. The summed E-state index contributed by atoms with van der Waals surface area (Å²) in [5.41, 5.74) is -2.45. The highest BCUT2D eigenvalue weighted by atomic mass is 35.5. The second kappa shape index (κ2) is 15.6. The zero-order chi connectivity index (χ0) is 30.1. The fourth-order valence-corrected chi connectivity index (χ4v) is 6.18. The van der Waals surface area contributed by atoms with Crippen LogP contribution in [0.3, 0.4) is 0 Å². The number of carbonyl (C=O) groups is 3. The van der Waals surface area contributed by atoms with Crippen molar-refractivity contribution in [3.8, 4) is 0 Å². The average molecular weight is 647 g/mol. The molecule has 3 amide bonds. The van der Waals surface area contributed by atoms with Gasteiger partial charge in [0, 0.05) is 37.7 Å². The SMILES string of the molecule is C[C@@H](NC(=O)CNC(=O)c1cc(Cl)ccc1Cl)B1OCCN(CCCC(=O)NC(P(=O)(O)O)P(=O)(O)O)CCO1. The molecule has 0 spiro atoms. The van der Waals surface area contributed by atoms with Gasteiger partial charge in [-0.1, -0.05) is 23.2 Å². The lowest BCUT2D eigenvalue weighted by atomic mass is 9.79. The van der Waals surface area contributed by atoms with E-state index in [0.29, 0.717) is 24.7 Å². The van der Waals surface area contributed by atoms with Crippen molar-refractivity contribution in [1.29, 1.82) is 0 Å². The standard InChI is InChI=1S/C20H31BCl2N4O11P2/c1-13(25-18(29)12-24-19(30)15-11-14(22)4-5-16(15)23)21-37-9-7-27(8-10-38-21)6-2-3-17(28)26-20(39(31,32)33)40(34,35)36/h4-5,11,13,20H,2-3,6-10,12H2,1H3,(H,24,30)(H,25,29)(H,26,28)(H2,31,32,33)(H2,34,35,36)/t13-/m1/s1. The highest BCUT2D eigenvalue weighted by Gasteiger charge is 2.44. The smallest absolute Gasteiger partial charge is 0.408 e. The van der Waals surface area contributed by atoms with Crippen molar-refractivity contribution in [3.05, 3.63) is 33.8 Å². The fourth-order valence-electron chi connectivity index (χ4n) is 3.61. The third-order valence-corrected chi connectivity index (χ3v) is 9.47. The van der Waals surface area contributed by atoms with Gasteiger partial charge in [0.1, 0.15) is 0 Å². The summed E-state index contributed by atoms with van der Waals surface area (Å²) in [6, 6.07) is 4.40. The van der Waals surface area contributed by atoms with Crippen LogP contribution in [0.4, 0.5) is 0 Å². The summed E-state index contributed by atoms with van der Waals surface area (Å²) in [6.07, 6.45) is 0.0172. The summed E-state index contributed by atoms with van der Waals surface area (Å²) in [6.45, 7) is 3.09. The molecular formula is C20H31BCl2N4O11P2. The van der Waals surface area contributed by atoms with Crippen molar-refractivity contribution < 1.29 is 52.4 Å². The van der Waals surface area contributed by atoms with Gasteiger partial charge in [-0.05, 0) is 38.1 Å². The van der Waals surface area contributed by atoms with Gasteiger partial charge in [0.25, 0.3) is 5.91 Å². The first-order chi connectivity index (χ1) is 18.6. The van der Waals surface area contributed by atoms with Crippen molar-refractivity contribution in [2.45, 2.75) is 31.2 Å². The molecule has 0 aromatic heterocycles. The average Bonchev–Trinajstić information content (AvgIpc) is 2.82. The maximum Gasteiger partial charge on any atom is 0.480 e. The van der Waals surface area contributed by atoms with Gasteiger partial charge >= 0.3 is 22.3 Å². The van der Waals surface area contributed by atoms with Crippen LogP contribution in [-0.2, 0) is 28.0 Å². The van der Waals surface area contributed by atoms with E-state index in [1.54, 1.807) is 12.2 Å². The number of hydrogen-bond donors (Lipinski definition) is 7. The third-order valence-electron chi connectivity index (χ3n) is 5.56. The quantitative estimate of drug-likeness (QED) is 0.119. The van der Waals surface area contributed by atoms with Crippen LogP contribution in [0.5, 0.6) is 0 Å². The summed E-state index contributed by atoms with van der Waals surface area (Å²) in [5, 5.41) is 7.39. The first-order valence-corrected chi connectivity index (χ1v) is 16.1. The maximum atomic E-state index is 12.3. The number of nitrogens with one attached hydrogen (secondary N) is 3. The summed E-state index contributed by atoms with van der Waals surface area (Å²) < 4.78 is 34.0. The Bertz CT molecular complexity index is 1120. The van der Waals surface area contributed by atoms with E-state index >= 15 is 0 Å². The minimum absolute atomic E-state index is 0.137. The Hall–Kier alpha value is -1.55. The maximum absolute atomic E-state index is 12.3. The molecule has 1 aromatic rings. The molecule has 1 aliphatic heterocycles. The fraction of sp³-hybridized carbons (Fsp3) is 0.550. The molecule has 1 saturated heterocycles. The molecule has 7 N–H and O–H groups in total. The Labute approximate surface area is 240 Å². The Morgan fingerprint density at radius 1 is 1.02 bits per heavy atom. The molecule has 1 heterocycles. The van der Waals surface area contributed by atoms with Gasteiger partial charge in [-0.15, -0.1) is 0 Å². The molecule has 1 aliphatic rings. The number of hydrogen-bond acceptors (Lipinski definition) is 8. The Morgan fingerprint density at radius 3 is 2.20 bits per heavy atom. The van der Waals surface area contributed by atoms with Crippen molar-refractivity contribution >= 4 is 63.2 Å². The molecule has 1 atom stereocenters. The molecule has 1 aromatic carbocycles. The number of carbonyl (C=O) groups excluding carboxylic acids is 3. The highest BCUT2D eigenvalue weighted by Crippen LogP contribution is 2.58. The number of halogens is 2. The van der Waals surface area contributed by atoms with E-state index in [1.165, 1.54) is 18.2 Å². The van der Waals surface area contributed by atoms with Gasteiger partial charge in [-0.3, -0.25) is 28.4 Å². The Balaban J connectivity index is 1.71. The molecule has 0 bridgehead atoms. The van der Waals surface area contributed by atoms with Gasteiger partial charge in [0.15, 0.2) is 0 Å². The first-order valence-electron chi connectivity index (χ1n) is 12.0. The minimum atomic E-state index is -5.26. The zero-order valence-electron chi connectivity index (χ0n) is 21.4. The molecule has 40 heavy (non-hydrogen) atoms. The van der Waals surface area contributed by atoms with Crippen LogP contribution in [0.15, 0.2) is 18.2 Å². The van der Waals surface area contributed by atoms with Gasteiger partial charge in [0.2, 0.25) is 17.3 Å². The van der Waals surface area contributed by atoms with Crippen LogP contribution >= 0.6 is 38.4 Å². The molecular weight excluding hydrogens is 616 g/mol. The molecule has 20 heteroatoms. The summed E-state index contributed by atoms with van der Waals surface area (Å²) in [5.74, 6) is -2.50. The number of benzene rings is 1. The molecule has 2 rings (SSSR count). The van der Waals surface area contributed by atoms with Crippen molar-refractivity contribution in [3.63, 3.8) is 0 Å². The van der Waals surface area contributed by atoms with Gasteiger partial charge in [0.05, 0.1) is 23.1 Å². The summed E-state index contributed by atoms with van der Waals surface area (Å²) >= 11 is 11.9. The van der Waals surface area contributed by atoms with Gasteiger partial charge < -0.3 is 44.8 Å². The van der Waals surface area contributed by atoms with Gasteiger partial charge in [-0.2, -0.15) is 0 Å². The van der Waals surface area contributed by atoms with Crippen molar-refractivity contribution in [1.82, 2.24) is 20.9 Å². The normalized spacial score (nSPS) is 16.1. The topological polar surface area (TPSA) is 224 Å². The van der Waals surface area contributed by atoms with E-state index in [2.05, 4.69) is 10.6 Å². The van der Waals surface area contributed by atoms with E-state index in [9.17, 15) is 23.5 Å². The molecule has 1 fully saturated rings. The van der Waals surface area contributed by atoms with Crippen LogP contribution < -0.4 is 16.0 Å². The second-order valence-electron chi connectivity index (χ2n) is 8.84. The molecule has 15 nitrogen and oxygen atoms in total. The van der Waals surface area contributed by atoms with Crippen LogP contribution in [0, 0.1) is 0 Å². The lowest BCUT2D eigenvalue weighted by Crippen LogP contribution is -2.52. The van der Waals surface area contributed by atoms with Crippen LogP contribution in [0.2, 0.25) is 10.0 Å². The van der Waals surface area contributed by atoms with E-state index in [4.69, 9.17) is 52.1 Å². The van der Waals surface area contributed by atoms with Crippen LogP contribution in [0.25, 0.3) is 0 Å². The number of amides is 3. The molecule has 0 saturated carbocycles. The van der Waals surface area contributed by atoms with Gasteiger partial charge in [-0.25, -0.2) is 0 Å². The molecule has 0 aliphatic carbocycles. The summed E-state index contributed by atoms with van der Waals surface area (Å²) in [7, 11) is -11.3. The first kappa shape index (κ1) is 34.7. The van der Waals surface area contributed by atoms with E-state index in [0.717, 1.165) is 0 Å². The second-order valence-corrected chi connectivity index (χ2v) is 13.5. The van der Waals surface area contributed by atoms with Crippen molar-refractivity contribution in [2.75, 3.05) is 39.4 Å². The van der Waals surface area contributed by atoms with Crippen LogP contribution in [0.1, 0.15) is 30.1 Å². The minimum Gasteiger partial charge on any atom is -0.408 e. The molecule has 224 valence electrons. The summed E-state index contributed by atoms with van der Waals surface area (Å²) in [4.78, 5) is 74.8. The molecule has 0 unspecified atom stereocenters. The van der Waals surface area contributed by atoms with Crippen LogP contribution in [-0.4, -0.2) is 100 Å². The lowest BCUT2D eigenvalue weighted by Gasteiger charge is -2.29. The largest absolute Gasteiger partial charge is 0.480 e. The number of rotatable bonds is 12. The lowest BCUT2D eigenvalue weighted by molar-refractivity contribution is -0.121. The van der Waals surface area contributed by atoms with E-state index in [-0.39, 0.29) is 43.2 Å². The predicted octanol–water partition coefficient (Wildman–Crippen LogP) is 0.140. The van der Waals surface area contributed by atoms with E-state index in [1.807, 2.05) is 4.90 Å². The third kappa shape index (κ3) is 11.7. The number of nitrogens with zero attached hydrogens (tertiary/aromatic N) is 1. The Morgan fingerprint density at radius 2 is 1.62 bits per heavy atom. The van der Waals surface area contributed by atoms with E-state index < -0.39 is 51.5 Å². The zero-order valence-corrected chi connectivity index (χ0v) is 24.7.